The number of hydrogen-bond acceptors (Lipinski definition) is 5. The van der Waals surface area contributed by atoms with E-state index in [4.69, 9.17) is 16.3 Å². The summed E-state index contributed by atoms with van der Waals surface area (Å²) < 4.78 is 32.1. The van der Waals surface area contributed by atoms with E-state index in [9.17, 15) is 8.42 Å². The molecule has 1 aliphatic rings. The van der Waals surface area contributed by atoms with Gasteiger partial charge in [-0.3, -0.25) is 0 Å². The summed E-state index contributed by atoms with van der Waals surface area (Å²) in [4.78, 5) is 2.35. The largest absolute Gasteiger partial charge is 0.379 e. The normalized spacial score (nSPS) is 15.5. The van der Waals surface area contributed by atoms with E-state index in [1.54, 1.807) is 12.1 Å². The van der Waals surface area contributed by atoms with Crippen LogP contribution in [0.25, 0.3) is 0 Å². The highest BCUT2D eigenvalue weighted by atomic mass is 35.5. The average molecular weight is 424 g/mol. The van der Waals surface area contributed by atoms with Crippen molar-refractivity contribution >= 4 is 27.3 Å². The molecule has 2 aromatic rings. The Balaban J connectivity index is 1.63. The maximum absolute atomic E-state index is 12.7. The molecule has 28 heavy (non-hydrogen) atoms. The van der Waals surface area contributed by atoms with Crippen molar-refractivity contribution in [2.45, 2.75) is 18.0 Å². The molecule has 1 aliphatic heterocycles. The molecule has 0 bridgehead atoms. The first-order valence-electron chi connectivity index (χ1n) is 9.22. The third kappa shape index (κ3) is 4.85. The van der Waals surface area contributed by atoms with Gasteiger partial charge >= 0.3 is 0 Å². The number of halogens is 1. The van der Waals surface area contributed by atoms with Crippen molar-refractivity contribution in [3.05, 3.63) is 58.6 Å². The van der Waals surface area contributed by atoms with Crippen LogP contribution in [0, 0.1) is 0 Å². The van der Waals surface area contributed by atoms with Crippen molar-refractivity contribution in [2.75, 3.05) is 45.3 Å². The van der Waals surface area contributed by atoms with Gasteiger partial charge in [0.05, 0.1) is 18.1 Å². The van der Waals surface area contributed by atoms with E-state index in [2.05, 4.69) is 5.32 Å². The fourth-order valence-electron chi connectivity index (χ4n) is 3.19. The minimum absolute atomic E-state index is 0.319. The van der Waals surface area contributed by atoms with Crippen molar-refractivity contribution in [3.8, 4) is 0 Å². The van der Waals surface area contributed by atoms with Crippen LogP contribution in [0.4, 0.5) is 5.69 Å². The van der Waals surface area contributed by atoms with Crippen LogP contribution in [0.1, 0.15) is 11.1 Å². The van der Waals surface area contributed by atoms with Gasteiger partial charge in [-0.1, -0.05) is 29.8 Å². The highest BCUT2D eigenvalue weighted by Gasteiger charge is 2.26. The number of sulfonamides is 1. The Kier molecular flexibility index (Phi) is 6.95. The first kappa shape index (κ1) is 21.1. The molecule has 0 unspecified atom stereocenters. The number of hydrogen-bond donors (Lipinski definition) is 1. The van der Waals surface area contributed by atoms with E-state index in [0.717, 1.165) is 21.8 Å². The SMILES string of the molecule is CN(C)c1cccc(Cl)c1CNCc1ccc(S(=O)(=O)N2CCOCC2)cc1. The number of nitrogens with one attached hydrogen (secondary N) is 1. The number of nitrogens with zero attached hydrogens (tertiary/aromatic N) is 2. The lowest BCUT2D eigenvalue weighted by Crippen LogP contribution is -2.40. The van der Waals surface area contributed by atoms with E-state index >= 15 is 0 Å². The zero-order valence-electron chi connectivity index (χ0n) is 16.2. The van der Waals surface area contributed by atoms with Gasteiger partial charge in [0, 0.05) is 56.5 Å². The number of rotatable bonds is 7. The Morgan fingerprint density at radius 1 is 1.07 bits per heavy atom. The second-order valence-electron chi connectivity index (χ2n) is 6.90. The third-order valence-electron chi connectivity index (χ3n) is 4.74. The molecule has 3 rings (SSSR count). The second-order valence-corrected chi connectivity index (χ2v) is 9.24. The maximum Gasteiger partial charge on any atom is 0.243 e. The quantitative estimate of drug-likeness (QED) is 0.741. The molecule has 0 saturated carbocycles. The summed E-state index contributed by atoms with van der Waals surface area (Å²) in [6.07, 6.45) is 0. The molecule has 1 heterocycles. The minimum atomic E-state index is -3.45. The molecule has 0 radical (unpaired) electrons. The number of anilines is 1. The molecule has 152 valence electrons. The molecule has 1 saturated heterocycles. The van der Waals surface area contributed by atoms with Gasteiger partial charge < -0.3 is 15.0 Å². The predicted octanol–water partition coefficient (Wildman–Crippen LogP) is 2.72. The third-order valence-corrected chi connectivity index (χ3v) is 7.00. The number of ether oxygens (including phenoxy) is 1. The molecule has 8 heteroatoms. The van der Waals surface area contributed by atoms with Gasteiger partial charge in [-0.05, 0) is 29.8 Å². The average Bonchev–Trinajstić information content (AvgIpc) is 2.70. The Bertz CT molecular complexity index is 895. The van der Waals surface area contributed by atoms with Gasteiger partial charge in [-0.15, -0.1) is 0 Å². The Labute approximate surface area is 172 Å². The summed E-state index contributed by atoms with van der Waals surface area (Å²) in [5, 5.41) is 4.12. The molecule has 0 aromatic heterocycles. The summed E-state index contributed by atoms with van der Waals surface area (Å²) in [5.41, 5.74) is 3.13. The zero-order valence-corrected chi connectivity index (χ0v) is 17.8. The lowest BCUT2D eigenvalue weighted by atomic mass is 10.1. The van der Waals surface area contributed by atoms with E-state index in [1.807, 2.05) is 49.3 Å². The van der Waals surface area contributed by atoms with Gasteiger partial charge in [0.1, 0.15) is 0 Å². The van der Waals surface area contributed by atoms with Crippen molar-refractivity contribution in [1.29, 1.82) is 0 Å². The van der Waals surface area contributed by atoms with Crippen LogP contribution in [-0.2, 0) is 27.8 Å². The van der Waals surface area contributed by atoms with Gasteiger partial charge in [-0.2, -0.15) is 4.31 Å². The van der Waals surface area contributed by atoms with Crippen LogP contribution in [-0.4, -0.2) is 53.1 Å². The fourth-order valence-corrected chi connectivity index (χ4v) is 4.83. The minimum Gasteiger partial charge on any atom is -0.379 e. The van der Waals surface area contributed by atoms with Crippen LogP contribution < -0.4 is 10.2 Å². The van der Waals surface area contributed by atoms with E-state index in [-0.39, 0.29) is 0 Å². The first-order chi connectivity index (χ1) is 13.4. The fraction of sp³-hybridized carbons (Fsp3) is 0.400. The van der Waals surface area contributed by atoms with Gasteiger partial charge in [0.15, 0.2) is 0 Å². The Morgan fingerprint density at radius 3 is 2.39 bits per heavy atom. The standard InChI is InChI=1S/C20H26ClN3O3S/c1-23(2)20-5-3-4-19(21)18(20)15-22-14-16-6-8-17(9-7-16)28(25,26)24-10-12-27-13-11-24/h3-9,22H,10-15H2,1-2H3. The van der Waals surface area contributed by atoms with Crippen LogP contribution >= 0.6 is 11.6 Å². The first-order valence-corrected chi connectivity index (χ1v) is 11.0. The number of morpholine rings is 1. The Morgan fingerprint density at radius 2 is 1.75 bits per heavy atom. The van der Waals surface area contributed by atoms with Crippen LogP contribution in [0.2, 0.25) is 5.02 Å². The summed E-state index contributed by atoms with van der Waals surface area (Å²) in [6.45, 7) is 2.93. The monoisotopic (exact) mass is 423 g/mol. The van der Waals surface area contributed by atoms with Crippen LogP contribution in [0.5, 0.6) is 0 Å². The van der Waals surface area contributed by atoms with Gasteiger partial charge in [0.2, 0.25) is 10.0 Å². The molecule has 0 aliphatic carbocycles. The van der Waals surface area contributed by atoms with E-state index < -0.39 is 10.0 Å². The maximum atomic E-state index is 12.7. The summed E-state index contributed by atoms with van der Waals surface area (Å²) >= 11 is 6.35. The smallest absolute Gasteiger partial charge is 0.243 e. The molecule has 6 nitrogen and oxygen atoms in total. The molecule has 2 aromatic carbocycles. The molecule has 1 N–H and O–H groups in total. The van der Waals surface area contributed by atoms with E-state index in [1.165, 1.54) is 4.31 Å². The Hall–Kier alpha value is -1.64. The van der Waals surface area contributed by atoms with Crippen LogP contribution in [0.3, 0.4) is 0 Å². The molecular weight excluding hydrogens is 398 g/mol. The molecule has 0 atom stereocenters. The highest BCUT2D eigenvalue weighted by molar-refractivity contribution is 7.89. The van der Waals surface area contributed by atoms with Crippen molar-refractivity contribution in [2.24, 2.45) is 0 Å². The van der Waals surface area contributed by atoms with Crippen molar-refractivity contribution in [1.82, 2.24) is 9.62 Å². The van der Waals surface area contributed by atoms with Gasteiger partial charge in [0.25, 0.3) is 0 Å². The molecule has 0 spiro atoms. The van der Waals surface area contributed by atoms with Crippen LogP contribution in [0.15, 0.2) is 47.4 Å². The lowest BCUT2D eigenvalue weighted by molar-refractivity contribution is 0.0730. The van der Waals surface area contributed by atoms with Gasteiger partial charge in [-0.25, -0.2) is 8.42 Å². The van der Waals surface area contributed by atoms with Crippen molar-refractivity contribution in [3.63, 3.8) is 0 Å². The number of benzene rings is 2. The van der Waals surface area contributed by atoms with E-state index in [0.29, 0.717) is 44.3 Å². The second kappa shape index (κ2) is 9.24. The predicted molar refractivity (Wildman–Crippen MR) is 112 cm³/mol. The zero-order chi connectivity index (χ0) is 20.1. The summed E-state index contributed by atoms with van der Waals surface area (Å²) in [6, 6.07) is 12.9. The topological polar surface area (TPSA) is 61.9 Å². The molecule has 1 fully saturated rings. The summed E-state index contributed by atoms with van der Waals surface area (Å²) in [5.74, 6) is 0. The molecule has 0 amide bonds. The molecular formula is C20H26ClN3O3S. The highest BCUT2D eigenvalue weighted by Crippen LogP contribution is 2.26. The van der Waals surface area contributed by atoms with Crippen molar-refractivity contribution < 1.29 is 13.2 Å². The summed E-state index contributed by atoms with van der Waals surface area (Å²) in [7, 11) is 0.525. The lowest BCUT2D eigenvalue weighted by Gasteiger charge is -2.26.